The van der Waals surface area contributed by atoms with E-state index in [-0.39, 0.29) is 42.7 Å². The Labute approximate surface area is 347 Å². The Morgan fingerprint density at radius 1 is 0.526 bits per heavy atom. The van der Waals surface area contributed by atoms with Crippen LogP contribution in [-0.2, 0) is 28.6 Å². The number of hydrogen-bond acceptors (Lipinski definition) is 6. The van der Waals surface area contributed by atoms with E-state index in [2.05, 4.69) is 111 Å². The molecule has 0 spiro atoms. The topological polar surface area (TPSA) is 99.1 Å². The van der Waals surface area contributed by atoms with Crippen LogP contribution in [0.4, 0.5) is 0 Å². The fraction of sp³-hybridized carbons (Fsp3) is 0.612. The second-order valence-corrected chi connectivity index (χ2v) is 15.2. The van der Waals surface area contributed by atoms with Gasteiger partial charge in [0.05, 0.1) is 34.4 Å². The molecular weight excluding hydrogens is 715 g/mol. The zero-order chi connectivity index (χ0) is 42.1. The lowest BCUT2D eigenvalue weighted by Gasteiger charge is -2.31. The third-order valence-electron chi connectivity index (χ3n) is 8.98. The van der Waals surface area contributed by atoms with E-state index in [1.807, 2.05) is 21.1 Å². The summed E-state index contributed by atoms with van der Waals surface area (Å²) in [6.07, 6.45) is 51.7. The van der Waals surface area contributed by atoms with Gasteiger partial charge in [0.1, 0.15) is 6.61 Å². The van der Waals surface area contributed by atoms with Crippen molar-refractivity contribution in [2.45, 2.75) is 154 Å². The van der Waals surface area contributed by atoms with Crippen LogP contribution in [0.25, 0.3) is 0 Å². The van der Waals surface area contributed by atoms with Crippen LogP contribution in [0.2, 0.25) is 0 Å². The number of unbranched alkanes of at least 4 members (excludes halogenated alkanes) is 7. The van der Waals surface area contributed by atoms with Gasteiger partial charge >= 0.3 is 17.9 Å². The normalized spacial score (nSPS) is 13.9. The number of quaternary nitrogens is 1. The van der Waals surface area contributed by atoms with Crippen LogP contribution >= 0.6 is 0 Å². The molecule has 0 aliphatic carbocycles. The maximum Gasteiger partial charge on any atom is 0.362 e. The minimum Gasteiger partial charge on any atom is -0.477 e. The van der Waals surface area contributed by atoms with Gasteiger partial charge in [-0.1, -0.05) is 130 Å². The Balaban J connectivity index is 4.46. The molecule has 0 saturated heterocycles. The molecule has 0 fully saturated rings. The second kappa shape index (κ2) is 39.1. The number of carbonyl (C=O) groups is 3. The van der Waals surface area contributed by atoms with Crippen molar-refractivity contribution in [3.63, 3.8) is 0 Å². The molecule has 0 aliphatic rings. The van der Waals surface area contributed by atoms with E-state index in [1.54, 1.807) is 0 Å². The summed E-state index contributed by atoms with van der Waals surface area (Å²) in [6.45, 7) is 4.42. The van der Waals surface area contributed by atoms with Gasteiger partial charge in [-0.2, -0.15) is 0 Å². The number of ether oxygens (including phenoxy) is 3. The number of hydrogen-bond donors (Lipinski definition) is 1. The van der Waals surface area contributed by atoms with Crippen LogP contribution in [0.3, 0.4) is 0 Å². The number of carbonyl (C=O) groups excluding carboxylic acids is 2. The highest BCUT2D eigenvalue weighted by Gasteiger charge is 2.31. The predicted octanol–water partition coefficient (Wildman–Crippen LogP) is 11.9. The Bertz CT molecular complexity index is 1250. The first-order valence-corrected chi connectivity index (χ1v) is 21.8. The molecule has 0 saturated carbocycles. The van der Waals surface area contributed by atoms with Crippen molar-refractivity contribution >= 4 is 17.9 Å². The first kappa shape index (κ1) is 53.2. The van der Waals surface area contributed by atoms with Gasteiger partial charge < -0.3 is 23.8 Å². The maximum absolute atomic E-state index is 12.7. The molecule has 0 rings (SSSR count). The van der Waals surface area contributed by atoms with E-state index >= 15 is 0 Å². The molecule has 0 aromatic carbocycles. The van der Waals surface area contributed by atoms with Gasteiger partial charge in [0, 0.05) is 19.3 Å². The zero-order valence-corrected chi connectivity index (χ0v) is 36.5. The van der Waals surface area contributed by atoms with Crippen molar-refractivity contribution in [3.05, 3.63) is 97.2 Å². The average Bonchev–Trinajstić information content (AvgIpc) is 3.17. The summed E-state index contributed by atoms with van der Waals surface area (Å²) in [5, 5.41) is 9.62. The third-order valence-corrected chi connectivity index (χ3v) is 8.98. The van der Waals surface area contributed by atoms with Crippen LogP contribution < -0.4 is 0 Å². The predicted molar refractivity (Wildman–Crippen MR) is 238 cm³/mol. The standard InChI is InChI=1S/C49H79NO7/c1-6-8-10-12-14-16-18-20-22-23-24-25-26-28-29-31-33-35-37-39-47(51)56-44-45(43-55-42-41-46(49(53)54)50(3,4)5)57-48(52)40-38-36-34-32-30-27-21-19-17-15-13-11-9-7-2/h8-11,14-17,20-22,24-25,27-29,45-46H,6-7,12-13,18-19,23,26,30-44H2,1-5H3/p+1/b10-8+,11-9+,16-14+,17-15+,22-20+,25-24+,27-21+,29-28+. The van der Waals surface area contributed by atoms with Crippen LogP contribution in [0.5, 0.6) is 0 Å². The molecule has 2 unspecified atom stereocenters. The molecule has 0 amide bonds. The first-order chi connectivity index (χ1) is 27.6. The summed E-state index contributed by atoms with van der Waals surface area (Å²) in [5.41, 5.74) is 0. The van der Waals surface area contributed by atoms with E-state index < -0.39 is 18.1 Å². The molecule has 0 radical (unpaired) electrons. The highest BCUT2D eigenvalue weighted by molar-refractivity contribution is 5.72. The first-order valence-electron chi connectivity index (χ1n) is 21.8. The molecule has 0 aromatic heterocycles. The minimum absolute atomic E-state index is 0.0344. The van der Waals surface area contributed by atoms with Gasteiger partial charge in [-0.15, -0.1) is 0 Å². The minimum atomic E-state index is -0.889. The molecule has 8 heteroatoms. The van der Waals surface area contributed by atoms with Gasteiger partial charge in [0.15, 0.2) is 12.1 Å². The molecule has 322 valence electrons. The van der Waals surface area contributed by atoms with Gasteiger partial charge in [0.2, 0.25) is 0 Å². The van der Waals surface area contributed by atoms with Gasteiger partial charge in [0.25, 0.3) is 0 Å². The highest BCUT2D eigenvalue weighted by Crippen LogP contribution is 2.12. The Morgan fingerprint density at radius 2 is 0.930 bits per heavy atom. The van der Waals surface area contributed by atoms with Gasteiger partial charge in [-0.3, -0.25) is 9.59 Å². The number of likely N-dealkylation sites (N-methyl/N-ethyl adjacent to an activating group) is 1. The molecule has 0 aliphatic heterocycles. The summed E-state index contributed by atoms with van der Waals surface area (Å²) in [5.74, 6) is -1.55. The summed E-state index contributed by atoms with van der Waals surface area (Å²) >= 11 is 0. The van der Waals surface area contributed by atoms with E-state index in [4.69, 9.17) is 14.2 Å². The molecule has 2 atom stereocenters. The Kier molecular flexibility index (Phi) is 36.5. The molecule has 8 nitrogen and oxygen atoms in total. The quantitative estimate of drug-likeness (QED) is 0.0289. The summed E-state index contributed by atoms with van der Waals surface area (Å²) < 4.78 is 17.2. The van der Waals surface area contributed by atoms with Crippen molar-refractivity contribution in [3.8, 4) is 0 Å². The fourth-order valence-corrected chi connectivity index (χ4v) is 5.66. The molecular formula is C49H80NO7+. The molecule has 0 bridgehead atoms. The summed E-state index contributed by atoms with van der Waals surface area (Å²) in [6, 6.07) is -0.630. The fourth-order valence-electron chi connectivity index (χ4n) is 5.66. The summed E-state index contributed by atoms with van der Waals surface area (Å²) in [7, 11) is 5.49. The molecule has 0 heterocycles. The third kappa shape index (κ3) is 37.6. The van der Waals surface area contributed by atoms with Crippen molar-refractivity contribution in [2.75, 3.05) is 41.0 Å². The van der Waals surface area contributed by atoms with Gasteiger partial charge in [-0.25, -0.2) is 4.79 Å². The largest absolute Gasteiger partial charge is 0.477 e. The van der Waals surface area contributed by atoms with E-state index in [0.717, 1.165) is 109 Å². The van der Waals surface area contributed by atoms with Crippen LogP contribution in [0, 0.1) is 0 Å². The van der Waals surface area contributed by atoms with Crippen LogP contribution in [0.1, 0.15) is 142 Å². The SMILES string of the molecule is CC/C=C/C/C=C/C/C=C/C/C=C/C/C=C/CCCCCC(=O)OCC(COCCC(C(=O)O)[N+](C)(C)C)OC(=O)CCCCCC/C=C/C/C=C/C/C=C/CC. The number of carboxylic acid groups (broad SMARTS) is 1. The smallest absolute Gasteiger partial charge is 0.362 e. The lowest BCUT2D eigenvalue weighted by molar-refractivity contribution is -0.887. The highest BCUT2D eigenvalue weighted by atomic mass is 16.6. The van der Waals surface area contributed by atoms with Gasteiger partial charge in [-0.05, 0) is 89.9 Å². The average molecular weight is 795 g/mol. The number of esters is 2. The molecule has 0 aromatic rings. The number of rotatable bonds is 37. The maximum atomic E-state index is 12.7. The monoisotopic (exact) mass is 795 g/mol. The van der Waals surface area contributed by atoms with Crippen molar-refractivity contribution in [1.29, 1.82) is 0 Å². The second-order valence-electron chi connectivity index (χ2n) is 15.2. The van der Waals surface area contributed by atoms with E-state index in [0.29, 0.717) is 12.8 Å². The summed E-state index contributed by atoms with van der Waals surface area (Å²) in [4.78, 5) is 37.0. The Morgan fingerprint density at radius 3 is 1.37 bits per heavy atom. The number of nitrogens with zero attached hydrogens (tertiary/aromatic N) is 1. The van der Waals surface area contributed by atoms with Crippen LogP contribution in [0.15, 0.2) is 97.2 Å². The zero-order valence-electron chi connectivity index (χ0n) is 36.5. The van der Waals surface area contributed by atoms with Crippen LogP contribution in [-0.4, -0.2) is 80.6 Å². The number of allylic oxidation sites excluding steroid dienone is 16. The van der Waals surface area contributed by atoms with Crippen molar-refractivity contribution < 1.29 is 38.2 Å². The van der Waals surface area contributed by atoms with E-state index in [9.17, 15) is 19.5 Å². The van der Waals surface area contributed by atoms with Crippen molar-refractivity contribution in [1.82, 2.24) is 0 Å². The number of carboxylic acids is 1. The lowest BCUT2D eigenvalue weighted by Crippen LogP contribution is -2.50. The molecule has 1 N–H and O–H groups in total. The number of aliphatic carboxylic acids is 1. The van der Waals surface area contributed by atoms with Crippen molar-refractivity contribution in [2.24, 2.45) is 0 Å². The molecule has 57 heavy (non-hydrogen) atoms. The van der Waals surface area contributed by atoms with E-state index in [1.165, 1.54) is 0 Å². The lowest BCUT2D eigenvalue weighted by atomic mass is 10.1. The Hall–Kier alpha value is -3.75.